The van der Waals surface area contributed by atoms with Gasteiger partial charge in [-0.3, -0.25) is 0 Å². The van der Waals surface area contributed by atoms with Gasteiger partial charge in [-0.05, 0) is 71.0 Å². The van der Waals surface area contributed by atoms with Gasteiger partial charge in [0, 0.05) is 9.79 Å². The molecule has 0 bridgehead atoms. The zero-order valence-corrected chi connectivity index (χ0v) is 17.6. The second kappa shape index (κ2) is 8.22. The fourth-order valence-electron chi connectivity index (χ4n) is 2.79. The van der Waals surface area contributed by atoms with E-state index < -0.39 is 0 Å². The fraction of sp³-hybridized carbons (Fsp3) is 0.280. The van der Waals surface area contributed by atoms with Crippen LogP contribution in [0.5, 0.6) is 11.5 Å². The fourth-order valence-corrected chi connectivity index (χ4v) is 3.61. The van der Waals surface area contributed by atoms with Crippen molar-refractivity contribution in [3.63, 3.8) is 0 Å². The summed E-state index contributed by atoms with van der Waals surface area (Å²) >= 11 is 1.77. The molecule has 140 valence electrons. The second-order valence-corrected chi connectivity index (χ2v) is 9.32. The van der Waals surface area contributed by atoms with Crippen molar-refractivity contribution < 1.29 is 4.74 Å². The Morgan fingerprint density at radius 1 is 0.667 bits per heavy atom. The lowest BCUT2D eigenvalue weighted by Crippen LogP contribution is -2.10. The van der Waals surface area contributed by atoms with Gasteiger partial charge >= 0.3 is 0 Å². The standard InChI is InChI=1S/C25H28OS/c1-18(2)19-6-10-21(11-7-19)26-22-12-16-24(17-13-22)27-23-14-8-20(9-15-23)25(3,4)5/h6-18H,1-5H3. The zero-order chi connectivity index (χ0) is 19.4. The van der Waals surface area contributed by atoms with E-state index in [1.165, 1.54) is 20.9 Å². The van der Waals surface area contributed by atoms with Crippen LogP contribution in [0.2, 0.25) is 0 Å². The Kier molecular flexibility index (Phi) is 5.96. The molecule has 1 nitrogen and oxygen atoms in total. The maximum Gasteiger partial charge on any atom is 0.127 e. The van der Waals surface area contributed by atoms with Gasteiger partial charge in [0.25, 0.3) is 0 Å². The van der Waals surface area contributed by atoms with Gasteiger partial charge in [0.05, 0.1) is 0 Å². The third-order valence-corrected chi connectivity index (χ3v) is 5.58. The van der Waals surface area contributed by atoms with Crippen LogP contribution in [0.4, 0.5) is 0 Å². The van der Waals surface area contributed by atoms with Gasteiger partial charge in [-0.2, -0.15) is 0 Å². The van der Waals surface area contributed by atoms with Crippen LogP contribution in [0, 0.1) is 0 Å². The Labute approximate surface area is 167 Å². The highest BCUT2D eigenvalue weighted by molar-refractivity contribution is 7.99. The first-order valence-corrected chi connectivity index (χ1v) is 10.3. The van der Waals surface area contributed by atoms with E-state index in [4.69, 9.17) is 4.74 Å². The Morgan fingerprint density at radius 2 is 1.11 bits per heavy atom. The molecule has 0 atom stereocenters. The molecule has 3 aromatic carbocycles. The molecule has 0 amide bonds. The summed E-state index contributed by atoms with van der Waals surface area (Å²) in [4.78, 5) is 2.46. The highest BCUT2D eigenvalue weighted by atomic mass is 32.2. The highest BCUT2D eigenvalue weighted by Crippen LogP contribution is 2.32. The summed E-state index contributed by atoms with van der Waals surface area (Å²) in [6.07, 6.45) is 0. The Morgan fingerprint density at radius 3 is 1.56 bits per heavy atom. The van der Waals surface area contributed by atoms with E-state index in [1.807, 2.05) is 24.3 Å². The average Bonchev–Trinajstić information content (AvgIpc) is 2.63. The van der Waals surface area contributed by atoms with E-state index in [9.17, 15) is 0 Å². The third-order valence-electron chi connectivity index (χ3n) is 4.56. The molecular weight excluding hydrogens is 348 g/mol. The SMILES string of the molecule is CC(C)c1ccc(Oc2ccc(Sc3ccc(C(C)(C)C)cc3)cc2)cc1. The molecule has 0 heterocycles. The average molecular weight is 377 g/mol. The van der Waals surface area contributed by atoms with E-state index in [-0.39, 0.29) is 5.41 Å². The summed E-state index contributed by atoms with van der Waals surface area (Å²) in [5.41, 5.74) is 2.88. The largest absolute Gasteiger partial charge is 0.457 e. The Hall–Kier alpha value is -2.19. The number of rotatable bonds is 5. The molecule has 3 aromatic rings. The summed E-state index contributed by atoms with van der Waals surface area (Å²) < 4.78 is 5.96. The number of hydrogen-bond acceptors (Lipinski definition) is 2. The lowest BCUT2D eigenvalue weighted by atomic mass is 9.87. The molecule has 0 aliphatic rings. The van der Waals surface area contributed by atoms with Crippen LogP contribution in [-0.2, 0) is 5.41 Å². The zero-order valence-electron chi connectivity index (χ0n) is 16.8. The predicted octanol–water partition coefficient (Wildman–Crippen LogP) is 8.05. The van der Waals surface area contributed by atoms with Crippen LogP contribution in [-0.4, -0.2) is 0 Å². The van der Waals surface area contributed by atoms with Gasteiger partial charge in [0.2, 0.25) is 0 Å². The molecule has 0 saturated carbocycles. The van der Waals surface area contributed by atoms with Gasteiger partial charge in [-0.25, -0.2) is 0 Å². The van der Waals surface area contributed by atoms with Crippen molar-refractivity contribution in [1.29, 1.82) is 0 Å². The first-order valence-electron chi connectivity index (χ1n) is 9.47. The Bertz CT molecular complexity index is 854. The number of hydrogen-bond donors (Lipinski definition) is 0. The van der Waals surface area contributed by atoms with Crippen molar-refractivity contribution in [3.05, 3.63) is 83.9 Å². The molecule has 0 aliphatic carbocycles. The minimum Gasteiger partial charge on any atom is -0.457 e. The van der Waals surface area contributed by atoms with Crippen LogP contribution < -0.4 is 4.74 Å². The highest BCUT2D eigenvalue weighted by Gasteiger charge is 2.13. The van der Waals surface area contributed by atoms with Gasteiger partial charge in [0.15, 0.2) is 0 Å². The first-order chi connectivity index (χ1) is 12.8. The predicted molar refractivity (Wildman–Crippen MR) is 116 cm³/mol. The lowest BCUT2D eigenvalue weighted by molar-refractivity contribution is 0.482. The molecule has 27 heavy (non-hydrogen) atoms. The summed E-state index contributed by atoms with van der Waals surface area (Å²) in [5, 5.41) is 0. The van der Waals surface area contributed by atoms with Crippen LogP contribution in [0.1, 0.15) is 51.7 Å². The molecule has 2 heteroatoms. The van der Waals surface area contributed by atoms with Crippen molar-refractivity contribution in [1.82, 2.24) is 0 Å². The van der Waals surface area contributed by atoms with Crippen LogP contribution in [0.3, 0.4) is 0 Å². The van der Waals surface area contributed by atoms with Crippen molar-refractivity contribution in [2.45, 2.75) is 55.7 Å². The minimum atomic E-state index is 0.190. The van der Waals surface area contributed by atoms with E-state index in [2.05, 4.69) is 83.1 Å². The number of benzene rings is 3. The summed E-state index contributed by atoms with van der Waals surface area (Å²) in [5.74, 6) is 2.27. The molecule has 0 fully saturated rings. The molecule has 0 N–H and O–H groups in total. The van der Waals surface area contributed by atoms with Gasteiger partial charge in [0.1, 0.15) is 11.5 Å². The summed E-state index contributed by atoms with van der Waals surface area (Å²) in [6, 6.07) is 25.5. The summed E-state index contributed by atoms with van der Waals surface area (Å²) in [6.45, 7) is 11.1. The molecule has 0 unspecified atom stereocenters. The monoisotopic (exact) mass is 376 g/mol. The summed E-state index contributed by atoms with van der Waals surface area (Å²) in [7, 11) is 0. The minimum absolute atomic E-state index is 0.190. The maximum atomic E-state index is 5.96. The van der Waals surface area contributed by atoms with Crippen molar-refractivity contribution >= 4 is 11.8 Å². The molecule has 0 radical (unpaired) electrons. The van der Waals surface area contributed by atoms with Gasteiger partial charge in [-0.1, -0.05) is 70.6 Å². The first kappa shape index (κ1) is 19.6. The Balaban J connectivity index is 1.63. The topological polar surface area (TPSA) is 9.23 Å². The molecule has 0 aromatic heterocycles. The maximum absolute atomic E-state index is 5.96. The van der Waals surface area contributed by atoms with Gasteiger partial charge < -0.3 is 4.74 Å². The van der Waals surface area contributed by atoms with Crippen LogP contribution in [0.15, 0.2) is 82.6 Å². The molecule has 0 saturated heterocycles. The molecule has 3 rings (SSSR count). The quantitative estimate of drug-likeness (QED) is 0.445. The van der Waals surface area contributed by atoms with E-state index in [0.29, 0.717) is 5.92 Å². The normalized spacial score (nSPS) is 11.6. The molecular formula is C25H28OS. The smallest absolute Gasteiger partial charge is 0.127 e. The van der Waals surface area contributed by atoms with E-state index in [1.54, 1.807) is 11.8 Å². The van der Waals surface area contributed by atoms with Crippen LogP contribution >= 0.6 is 11.8 Å². The molecule has 0 aliphatic heterocycles. The van der Waals surface area contributed by atoms with Crippen molar-refractivity contribution in [3.8, 4) is 11.5 Å². The second-order valence-electron chi connectivity index (χ2n) is 8.17. The van der Waals surface area contributed by atoms with Crippen LogP contribution in [0.25, 0.3) is 0 Å². The van der Waals surface area contributed by atoms with Crippen molar-refractivity contribution in [2.24, 2.45) is 0 Å². The third kappa shape index (κ3) is 5.40. The van der Waals surface area contributed by atoms with E-state index >= 15 is 0 Å². The lowest BCUT2D eigenvalue weighted by Gasteiger charge is -2.19. The number of ether oxygens (including phenoxy) is 1. The van der Waals surface area contributed by atoms with Gasteiger partial charge in [-0.15, -0.1) is 0 Å². The van der Waals surface area contributed by atoms with Crippen molar-refractivity contribution in [2.75, 3.05) is 0 Å². The molecule has 0 spiro atoms. The van der Waals surface area contributed by atoms with E-state index in [0.717, 1.165) is 11.5 Å².